The molecule has 37 heavy (non-hydrogen) atoms. The van der Waals surface area contributed by atoms with Gasteiger partial charge in [-0.1, -0.05) is 39.1 Å². The molecule has 4 rings (SSSR count). The molecule has 1 aliphatic rings. The molecule has 3 aromatic rings. The Balaban J connectivity index is 1.56. The fraction of sp³-hybridized carbons (Fsp3) is 0.200. The largest absolute Gasteiger partial charge is 0.459 e. The van der Waals surface area contributed by atoms with Gasteiger partial charge in [-0.05, 0) is 59.6 Å². The van der Waals surface area contributed by atoms with Crippen molar-refractivity contribution in [3.05, 3.63) is 107 Å². The van der Waals surface area contributed by atoms with Gasteiger partial charge in [-0.15, -0.1) is 0 Å². The highest BCUT2D eigenvalue weighted by atomic mass is 79.9. The monoisotopic (exact) mass is 608 g/mol. The second-order valence-electron chi connectivity index (χ2n) is 7.96. The third-order valence-electron chi connectivity index (χ3n) is 5.53. The molecule has 1 aliphatic heterocycles. The number of esters is 2. The molecule has 12 heteroatoms. The number of H-pyrrole nitrogens is 1. The van der Waals surface area contributed by atoms with Crippen LogP contribution in [-0.2, 0) is 14.2 Å². The van der Waals surface area contributed by atoms with Crippen molar-refractivity contribution in [2.75, 3.05) is 6.61 Å². The summed E-state index contributed by atoms with van der Waals surface area (Å²) in [5.41, 5.74) is -0.544. The van der Waals surface area contributed by atoms with Gasteiger partial charge < -0.3 is 14.2 Å². The average Bonchev–Trinajstić information content (AvgIpc) is 3.27. The summed E-state index contributed by atoms with van der Waals surface area (Å²) in [5, 5.41) is 0.923. The second kappa shape index (κ2) is 11.9. The van der Waals surface area contributed by atoms with Gasteiger partial charge in [0.05, 0.1) is 16.7 Å². The molecule has 0 amide bonds. The molecule has 0 bridgehead atoms. The molecule has 0 aliphatic carbocycles. The Morgan fingerprint density at radius 2 is 1.62 bits per heavy atom. The number of aromatic amines is 1. The number of carbonyl (C=O) groups is 2. The molecule has 3 unspecified atom stereocenters. The van der Waals surface area contributed by atoms with Crippen LogP contribution in [0.1, 0.15) is 38.9 Å². The maximum atomic E-state index is 12.8. The van der Waals surface area contributed by atoms with Crippen molar-refractivity contribution < 1.29 is 23.8 Å². The minimum atomic E-state index is -0.908. The van der Waals surface area contributed by atoms with Gasteiger partial charge in [0.15, 0.2) is 0 Å². The van der Waals surface area contributed by atoms with E-state index in [2.05, 4.69) is 20.9 Å². The number of halogens is 3. The number of aromatic nitrogens is 2. The van der Waals surface area contributed by atoms with Crippen LogP contribution < -0.4 is 11.2 Å². The average molecular weight is 610 g/mol. The fourth-order valence-electron chi connectivity index (χ4n) is 3.67. The third-order valence-corrected chi connectivity index (χ3v) is 6.29. The first-order valence-electron chi connectivity index (χ1n) is 10.9. The van der Waals surface area contributed by atoms with E-state index >= 15 is 0 Å². The SMILES string of the molecule is O=C(OCC1OC(n2cc(C=CBr)c(=O)[nH]c2=O)CC1OC(=O)c1ccc(Cl)cc1)c1ccc(Cl)cc1. The van der Waals surface area contributed by atoms with Crippen molar-refractivity contribution in [1.82, 2.24) is 9.55 Å². The maximum Gasteiger partial charge on any atom is 0.338 e. The number of ether oxygens (including phenoxy) is 3. The molecule has 1 fully saturated rings. The number of hydrogen-bond donors (Lipinski definition) is 1. The highest BCUT2D eigenvalue weighted by Crippen LogP contribution is 2.31. The molecule has 1 N–H and O–H groups in total. The van der Waals surface area contributed by atoms with E-state index in [1.165, 1.54) is 46.1 Å². The van der Waals surface area contributed by atoms with Crippen LogP contribution in [0.5, 0.6) is 0 Å². The van der Waals surface area contributed by atoms with Gasteiger partial charge in [0.25, 0.3) is 5.56 Å². The second-order valence-corrected chi connectivity index (χ2v) is 9.37. The van der Waals surface area contributed by atoms with Gasteiger partial charge in [0, 0.05) is 22.7 Å². The predicted molar refractivity (Wildman–Crippen MR) is 140 cm³/mol. The van der Waals surface area contributed by atoms with E-state index in [9.17, 15) is 19.2 Å². The van der Waals surface area contributed by atoms with E-state index in [1.54, 1.807) is 24.3 Å². The lowest BCUT2D eigenvalue weighted by molar-refractivity contribution is -0.0582. The van der Waals surface area contributed by atoms with Crippen LogP contribution in [0.25, 0.3) is 6.08 Å². The van der Waals surface area contributed by atoms with E-state index in [4.69, 9.17) is 37.4 Å². The van der Waals surface area contributed by atoms with Crippen LogP contribution in [0.4, 0.5) is 0 Å². The van der Waals surface area contributed by atoms with Crippen molar-refractivity contribution in [3.8, 4) is 0 Å². The first-order valence-corrected chi connectivity index (χ1v) is 12.6. The van der Waals surface area contributed by atoms with Crippen LogP contribution >= 0.6 is 39.1 Å². The van der Waals surface area contributed by atoms with Gasteiger partial charge in [-0.2, -0.15) is 0 Å². The molecule has 9 nitrogen and oxygen atoms in total. The Labute approximate surface area is 228 Å². The zero-order valence-electron chi connectivity index (χ0n) is 18.9. The zero-order chi connectivity index (χ0) is 26.5. The first-order chi connectivity index (χ1) is 17.7. The number of nitrogens with one attached hydrogen (secondary N) is 1. The lowest BCUT2D eigenvalue weighted by atomic mass is 10.1. The van der Waals surface area contributed by atoms with Gasteiger partial charge in [0.2, 0.25) is 0 Å². The summed E-state index contributed by atoms with van der Waals surface area (Å²) in [6.07, 6.45) is 0.184. The van der Waals surface area contributed by atoms with Crippen molar-refractivity contribution in [2.24, 2.45) is 0 Å². The molecular formula is C25H19BrCl2N2O7. The Morgan fingerprint density at radius 3 is 2.22 bits per heavy atom. The summed E-state index contributed by atoms with van der Waals surface area (Å²) in [4.78, 5) is 53.6. The van der Waals surface area contributed by atoms with E-state index in [0.717, 1.165) is 0 Å². The Bertz CT molecular complexity index is 1440. The van der Waals surface area contributed by atoms with E-state index < -0.39 is 41.6 Å². The molecule has 1 aromatic heterocycles. The van der Waals surface area contributed by atoms with Crippen molar-refractivity contribution in [1.29, 1.82) is 0 Å². The van der Waals surface area contributed by atoms with Crippen LogP contribution in [0.3, 0.4) is 0 Å². The molecule has 0 saturated carbocycles. The Kier molecular flexibility index (Phi) is 8.65. The van der Waals surface area contributed by atoms with E-state index in [1.807, 2.05) is 0 Å². The van der Waals surface area contributed by atoms with Crippen LogP contribution in [0, 0.1) is 0 Å². The van der Waals surface area contributed by atoms with Crippen LogP contribution in [0.2, 0.25) is 10.0 Å². The molecule has 3 atom stereocenters. The number of nitrogens with zero attached hydrogens (tertiary/aromatic N) is 1. The molecule has 2 aromatic carbocycles. The standard InChI is InChI=1S/C25H19BrCl2N2O7/c26-10-9-16-12-30(25(34)29-22(16)31)21-11-19(37-24(33)15-3-7-18(28)8-4-15)20(36-21)13-35-23(32)14-1-5-17(27)6-2-14/h1-10,12,19-21H,11,13H2,(H,29,31,34). The minimum Gasteiger partial charge on any atom is -0.459 e. The van der Waals surface area contributed by atoms with Crippen molar-refractivity contribution in [3.63, 3.8) is 0 Å². The van der Waals surface area contributed by atoms with E-state index in [-0.39, 0.29) is 29.7 Å². The molecular weight excluding hydrogens is 591 g/mol. The summed E-state index contributed by atoms with van der Waals surface area (Å²) in [5.74, 6) is -1.27. The summed E-state index contributed by atoms with van der Waals surface area (Å²) < 4.78 is 18.2. The highest BCUT2D eigenvalue weighted by Gasteiger charge is 2.40. The minimum absolute atomic E-state index is 0.0614. The Hall–Kier alpha value is -3.18. The van der Waals surface area contributed by atoms with Gasteiger partial charge >= 0.3 is 17.6 Å². The smallest absolute Gasteiger partial charge is 0.338 e. The molecule has 2 heterocycles. The van der Waals surface area contributed by atoms with Crippen LogP contribution in [-0.4, -0.2) is 40.3 Å². The molecule has 0 radical (unpaired) electrons. The molecule has 1 saturated heterocycles. The van der Waals surface area contributed by atoms with Gasteiger partial charge in [0.1, 0.15) is 25.0 Å². The molecule has 192 valence electrons. The summed E-state index contributed by atoms with van der Waals surface area (Å²) in [6, 6.07) is 12.3. The quantitative estimate of drug-likeness (QED) is 0.390. The summed E-state index contributed by atoms with van der Waals surface area (Å²) >= 11 is 14.9. The normalized spacial score (nSPS) is 19.2. The number of carbonyl (C=O) groups excluding carboxylic acids is 2. The lowest BCUT2D eigenvalue weighted by Crippen LogP contribution is -2.33. The lowest BCUT2D eigenvalue weighted by Gasteiger charge is -2.19. The van der Waals surface area contributed by atoms with Crippen LogP contribution in [0.15, 0.2) is 69.3 Å². The maximum absolute atomic E-state index is 12.8. The van der Waals surface area contributed by atoms with Gasteiger partial charge in [-0.25, -0.2) is 14.4 Å². The van der Waals surface area contributed by atoms with Crippen molar-refractivity contribution >= 4 is 57.1 Å². The topological polar surface area (TPSA) is 117 Å². The number of benzene rings is 2. The predicted octanol–water partition coefficient (Wildman–Crippen LogP) is 4.58. The highest BCUT2D eigenvalue weighted by molar-refractivity contribution is 9.11. The third kappa shape index (κ3) is 6.58. The summed E-state index contributed by atoms with van der Waals surface area (Å²) in [6.45, 7) is -0.261. The Morgan fingerprint density at radius 1 is 1.03 bits per heavy atom. The fourth-order valence-corrected chi connectivity index (χ4v) is 4.20. The van der Waals surface area contributed by atoms with Crippen molar-refractivity contribution in [2.45, 2.75) is 24.9 Å². The molecule has 0 spiro atoms. The number of hydrogen-bond acceptors (Lipinski definition) is 7. The first kappa shape index (κ1) is 26.9. The van der Waals surface area contributed by atoms with E-state index in [0.29, 0.717) is 10.0 Å². The summed E-state index contributed by atoms with van der Waals surface area (Å²) in [7, 11) is 0. The zero-order valence-corrected chi connectivity index (χ0v) is 22.0. The number of rotatable bonds is 7. The van der Waals surface area contributed by atoms with Gasteiger partial charge in [-0.3, -0.25) is 14.3 Å².